The second kappa shape index (κ2) is 7.35. The first-order chi connectivity index (χ1) is 12.9. The molecular formula is C19H25ClN2O4S. The van der Waals surface area contributed by atoms with Crippen molar-refractivity contribution in [2.75, 3.05) is 26.2 Å². The van der Waals surface area contributed by atoms with Crippen molar-refractivity contribution in [3.05, 3.63) is 29.3 Å². The van der Waals surface area contributed by atoms with Crippen LogP contribution < -0.4 is 0 Å². The molecule has 0 N–H and O–H groups in total. The van der Waals surface area contributed by atoms with Gasteiger partial charge in [-0.1, -0.05) is 24.4 Å². The summed E-state index contributed by atoms with van der Waals surface area (Å²) in [6.07, 6.45) is 5.24. The first-order valence-electron chi connectivity index (χ1n) is 9.64. The number of sulfonamides is 1. The average molecular weight is 413 g/mol. The van der Waals surface area contributed by atoms with Crippen molar-refractivity contribution in [3.63, 3.8) is 0 Å². The highest BCUT2D eigenvalue weighted by atomic mass is 35.5. The van der Waals surface area contributed by atoms with Gasteiger partial charge in [0.15, 0.2) is 0 Å². The number of rotatable bonds is 3. The topological polar surface area (TPSA) is 66.9 Å². The number of piperidine rings is 1. The number of hydrogen-bond acceptors (Lipinski definition) is 4. The fraction of sp³-hybridized carbons (Fsp3) is 0.632. The number of likely N-dealkylation sites (tertiary alicyclic amines) is 1. The largest absolute Gasteiger partial charge is 0.358 e. The second-order valence-corrected chi connectivity index (χ2v) is 9.93. The van der Waals surface area contributed by atoms with Crippen LogP contribution in [-0.2, 0) is 19.6 Å². The predicted molar refractivity (Wildman–Crippen MR) is 102 cm³/mol. The van der Waals surface area contributed by atoms with Crippen LogP contribution in [0.1, 0.15) is 38.5 Å². The molecule has 4 rings (SSSR count). The van der Waals surface area contributed by atoms with Crippen molar-refractivity contribution in [2.45, 2.75) is 49.1 Å². The van der Waals surface area contributed by atoms with Gasteiger partial charge in [0, 0.05) is 43.4 Å². The van der Waals surface area contributed by atoms with E-state index in [0.717, 1.165) is 25.7 Å². The summed E-state index contributed by atoms with van der Waals surface area (Å²) in [5.74, 6) is 0.380. The quantitative estimate of drug-likeness (QED) is 0.765. The smallest absolute Gasteiger partial charge is 0.245 e. The monoisotopic (exact) mass is 412 g/mol. The summed E-state index contributed by atoms with van der Waals surface area (Å²) in [5.41, 5.74) is -0.842. The highest BCUT2D eigenvalue weighted by Crippen LogP contribution is 2.39. The van der Waals surface area contributed by atoms with Crippen LogP contribution in [0.2, 0.25) is 5.02 Å². The third kappa shape index (κ3) is 3.50. The minimum absolute atomic E-state index is 0.150. The third-order valence-corrected chi connectivity index (χ3v) is 8.30. The highest BCUT2D eigenvalue weighted by Gasteiger charge is 2.51. The fourth-order valence-corrected chi connectivity index (χ4v) is 6.42. The number of ether oxygens (including phenoxy) is 1. The van der Waals surface area contributed by atoms with E-state index in [1.807, 2.05) is 4.90 Å². The molecule has 0 bridgehead atoms. The Morgan fingerprint density at radius 1 is 1.07 bits per heavy atom. The molecular weight excluding hydrogens is 388 g/mol. The lowest BCUT2D eigenvalue weighted by Gasteiger charge is -2.43. The van der Waals surface area contributed by atoms with Gasteiger partial charge in [-0.15, -0.1) is 0 Å². The summed E-state index contributed by atoms with van der Waals surface area (Å²) in [6, 6.07) is 6.23. The van der Waals surface area contributed by atoms with Crippen molar-refractivity contribution in [2.24, 2.45) is 5.92 Å². The summed E-state index contributed by atoms with van der Waals surface area (Å²) in [6.45, 7) is 1.80. The maximum atomic E-state index is 13.2. The Labute approximate surface area is 165 Å². The third-order valence-electron chi connectivity index (χ3n) is 6.08. The molecule has 6 nitrogen and oxygen atoms in total. The Morgan fingerprint density at radius 2 is 1.70 bits per heavy atom. The van der Waals surface area contributed by atoms with Crippen LogP contribution in [0.3, 0.4) is 0 Å². The summed E-state index contributed by atoms with van der Waals surface area (Å²) >= 11 is 5.89. The molecule has 0 radical (unpaired) electrons. The van der Waals surface area contributed by atoms with E-state index in [0.29, 0.717) is 44.1 Å². The van der Waals surface area contributed by atoms with Crippen molar-refractivity contribution < 1.29 is 17.9 Å². The zero-order chi connectivity index (χ0) is 19.1. The molecule has 1 aromatic rings. The Balaban J connectivity index is 1.50. The van der Waals surface area contributed by atoms with Gasteiger partial charge in [-0.2, -0.15) is 4.31 Å². The Kier molecular flexibility index (Phi) is 5.22. The van der Waals surface area contributed by atoms with Gasteiger partial charge in [-0.25, -0.2) is 8.42 Å². The molecule has 2 aliphatic heterocycles. The molecule has 2 heterocycles. The molecule has 3 fully saturated rings. The number of hydrogen-bond donors (Lipinski definition) is 0. The summed E-state index contributed by atoms with van der Waals surface area (Å²) < 4.78 is 33.8. The predicted octanol–water partition coefficient (Wildman–Crippen LogP) is 2.87. The van der Waals surface area contributed by atoms with Gasteiger partial charge in [0.1, 0.15) is 5.72 Å². The zero-order valence-corrected chi connectivity index (χ0v) is 16.8. The molecule has 148 valence electrons. The highest BCUT2D eigenvalue weighted by molar-refractivity contribution is 7.89. The molecule has 0 aromatic heterocycles. The number of carbonyl (C=O) groups excluding carboxylic acids is 1. The zero-order valence-electron chi connectivity index (χ0n) is 15.3. The van der Waals surface area contributed by atoms with E-state index in [2.05, 4.69) is 0 Å². The van der Waals surface area contributed by atoms with Crippen LogP contribution in [0.5, 0.6) is 0 Å². The minimum atomic E-state index is -3.67. The molecule has 3 aliphatic rings. The number of benzene rings is 1. The van der Waals surface area contributed by atoms with E-state index in [4.69, 9.17) is 16.3 Å². The first-order valence-corrected chi connectivity index (χ1v) is 11.5. The van der Waals surface area contributed by atoms with Gasteiger partial charge < -0.3 is 9.64 Å². The number of halogens is 1. The molecule has 0 unspecified atom stereocenters. The standard InChI is InChI=1S/C19H25ClN2O4S/c20-16-5-7-17(8-6-16)27(24,25)22-13-14-26-19(22)9-11-21(12-10-19)18(23)15-3-1-2-4-15/h5-8,15H,1-4,9-14H2. The van der Waals surface area contributed by atoms with Crippen molar-refractivity contribution in [3.8, 4) is 0 Å². The summed E-state index contributed by atoms with van der Waals surface area (Å²) in [5, 5.41) is 0.500. The van der Waals surface area contributed by atoms with Crippen molar-refractivity contribution in [1.82, 2.24) is 9.21 Å². The first kappa shape index (κ1) is 19.2. The molecule has 1 aromatic carbocycles. The SMILES string of the molecule is O=C(C1CCCC1)N1CCC2(CC1)OCCN2S(=O)(=O)c1ccc(Cl)cc1. The van der Waals surface area contributed by atoms with E-state index >= 15 is 0 Å². The maximum Gasteiger partial charge on any atom is 0.245 e. The molecule has 1 saturated carbocycles. The van der Waals surface area contributed by atoms with Gasteiger partial charge in [0.25, 0.3) is 0 Å². The van der Waals surface area contributed by atoms with E-state index in [1.165, 1.54) is 16.4 Å². The van der Waals surface area contributed by atoms with Gasteiger partial charge in [-0.3, -0.25) is 4.79 Å². The van der Waals surface area contributed by atoms with Crippen molar-refractivity contribution in [1.29, 1.82) is 0 Å². The molecule has 1 aliphatic carbocycles. The van der Waals surface area contributed by atoms with Crippen LogP contribution in [0.4, 0.5) is 0 Å². The number of amides is 1. The number of carbonyl (C=O) groups is 1. The Bertz CT molecular complexity index is 798. The normalized spacial score (nSPS) is 24.0. The van der Waals surface area contributed by atoms with Gasteiger partial charge >= 0.3 is 0 Å². The molecule has 27 heavy (non-hydrogen) atoms. The van der Waals surface area contributed by atoms with Crippen LogP contribution in [0.15, 0.2) is 29.2 Å². The van der Waals surface area contributed by atoms with Gasteiger partial charge in [-0.05, 0) is 37.1 Å². The molecule has 8 heteroatoms. The van der Waals surface area contributed by atoms with E-state index < -0.39 is 15.7 Å². The average Bonchev–Trinajstić information content (AvgIpc) is 3.33. The molecule has 1 amide bonds. The lowest BCUT2D eigenvalue weighted by molar-refractivity contribution is -0.143. The molecule has 2 saturated heterocycles. The summed E-state index contributed by atoms with van der Waals surface area (Å²) in [7, 11) is -3.67. The number of nitrogens with zero attached hydrogens (tertiary/aromatic N) is 2. The van der Waals surface area contributed by atoms with E-state index in [-0.39, 0.29) is 16.7 Å². The van der Waals surface area contributed by atoms with E-state index in [9.17, 15) is 13.2 Å². The van der Waals surface area contributed by atoms with Crippen LogP contribution >= 0.6 is 11.6 Å². The van der Waals surface area contributed by atoms with Crippen LogP contribution in [-0.4, -0.2) is 55.5 Å². The lowest BCUT2D eigenvalue weighted by Crippen LogP contribution is -2.56. The van der Waals surface area contributed by atoms with Gasteiger partial charge in [0.2, 0.25) is 15.9 Å². The van der Waals surface area contributed by atoms with Crippen molar-refractivity contribution >= 4 is 27.5 Å². The second-order valence-electron chi connectivity index (χ2n) is 7.63. The Morgan fingerprint density at radius 3 is 2.33 bits per heavy atom. The summed E-state index contributed by atoms with van der Waals surface area (Å²) in [4.78, 5) is 14.8. The maximum absolute atomic E-state index is 13.2. The minimum Gasteiger partial charge on any atom is -0.358 e. The molecule has 0 atom stereocenters. The van der Waals surface area contributed by atoms with Crippen LogP contribution in [0.25, 0.3) is 0 Å². The van der Waals surface area contributed by atoms with Gasteiger partial charge in [0.05, 0.1) is 11.5 Å². The fourth-order valence-electron chi connectivity index (χ4n) is 4.57. The van der Waals surface area contributed by atoms with E-state index in [1.54, 1.807) is 12.1 Å². The Hall–Kier alpha value is -1.15. The molecule has 1 spiro atoms. The lowest BCUT2D eigenvalue weighted by atomic mass is 9.98. The van der Waals surface area contributed by atoms with Crippen LogP contribution in [0, 0.1) is 5.92 Å².